The first-order chi connectivity index (χ1) is 4.92. The zero-order chi connectivity index (χ0) is 8.91. The molecule has 0 bridgehead atoms. The van der Waals surface area contributed by atoms with Crippen molar-refractivity contribution in [3.05, 3.63) is 0 Å². The molecule has 0 amide bonds. The van der Waals surface area contributed by atoms with Crippen molar-refractivity contribution >= 4 is 8.07 Å². The van der Waals surface area contributed by atoms with Crippen LogP contribution in [0.15, 0.2) is 0 Å². The Morgan fingerprint density at radius 3 is 2.27 bits per heavy atom. The van der Waals surface area contributed by atoms with Crippen LogP contribution in [0, 0.1) is 11.5 Å². The van der Waals surface area contributed by atoms with E-state index in [1.807, 2.05) is 0 Å². The van der Waals surface area contributed by atoms with Crippen molar-refractivity contribution in [2.45, 2.75) is 45.5 Å². The van der Waals surface area contributed by atoms with Crippen LogP contribution in [0.2, 0.25) is 19.6 Å². The van der Waals surface area contributed by atoms with Crippen LogP contribution in [-0.4, -0.2) is 19.3 Å². The van der Waals surface area contributed by atoms with Crippen LogP contribution in [-0.2, 0) is 0 Å². The lowest BCUT2D eigenvalue weighted by atomic mass is 10.2. The first-order valence-corrected chi connectivity index (χ1v) is 7.60. The molecule has 1 N–H and O–H groups in total. The lowest BCUT2D eigenvalue weighted by molar-refractivity contribution is 0.186. The van der Waals surface area contributed by atoms with E-state index in [4.69, 9.17) is 5.11 Å². The van der Waals surface area contributed by atoms with Crippen LogP contribution in [0.4, 0.5) is 0 Å². The van der Waals surface area contributed by atoms with E-state index in [1.54, 1.807) is 6.92 Å². The molecule has 0 fully saturated rings. The van der Waals surface area contributed by atoms with Gasteiger partial charge in [0.05, 0.1) is 6.10 Å². The number of rotatable bonds is 2. The molecule has 2 heteroatoms. The van der Waals surface area contributed by atoms with Crippen LogP contribution in [0.5, 0.6) is 0 Å². The smallest absolute Gasteiger partial charge is 0.129 e. The minimum absolute atomic E-state index is 0.203. The van der Waals surface area contributed by atoms with Crippen LogP contribution < -0.4 is 0 Å². The van der Waals surface area contributed by atoms with E-state index in [1.165, 1.54) is 0 Å². The summed E-state index contributed by atoms with van der Waals surface area (Å²) in [5, 5.41) is 8.93. The summed E-state index contributed by atoms with van der Waals surface area (Å²) >= 11 is 0. The van der Waals surface area contributed by atoms with E-state index in [2.05, 4.69) is 31.1 Å². The molecule has 0 unspecified atom stereocenters. The van der Waals surface area contributed by atoms with Gasteiger partial charge in [-0.15, -0.1) is 11.5 Å². The highest BCUT2D eigenvalue weighted by atomic mass is 28.3. The first kappa shape index (κ1) is 10.7. The lowest BCUT2D eigenvalue weighted by Gasteiger charge is -2.03. The largest absolute Gasteiger partial charge is 0.393 e. The van der Waals surface area contributed by atoms with Crippen molar-refractivity contribution < 1.29 is 5.11 Å². The van der Waals surface area contributed by atoms with Gasteiger partial charge in [-0.2, -0.15) is 0 Å². The van der Waals surface area contributed by atoms with Crippen LogP contribution in [0.1, 0.15) is 19.8 Å². The second-order valence-corrected chi connectivity index (χ2v) is 8.69. The molecular formula is C9H18OSi. The Balaban J connectivity index is 3.57. The maximum absolute atomic E-state index is 8.93. The van der Waals surface area contributed by atoms with Crippen molar-refractivity contribution in [3.8, 4) is 11.5 Å². The molecule has 0 spiro atoms. The maximum atomic E-state index is 8.93. The molecule has 0 aliphatic heterocycles. The third kappa shape index (κ3) is 9.74. The molecule has 0 rings (SSSR count). The molecule has 0 saturated carbocycles. The Kier molecular flexibility index (Phi) is 4.47. The molecule has 0 aliphatic carbocycles. The van der Waals surface area contributed by atoms with Gasteiger partial charge < -0.3 is 5.11 Å². The Labute approximate surface area is 70.8 Å². The third-order valence-electron chi connectivity index (χ3n) is 1.15. The maximum Gasteiger partial charge on any atom is 0.129 e. The quantitative estimate of drug-likeness (QED) is 0.496. The summed E-state index contributed by atoms with van der Waals surface area (Å²) in [7, 11) is -1.17. The van der Waals surface area contributed by atoms with E-state index in [9.17, 15) is 0 Å². The molecule has 0 aromatic carbocycles. The van der Waals surface area contributed by atoms with Gasteiger partial charge in [0.2, 0.25) is 0 Å². The molecule has 0 aromatic rings. The second kappa shape index (κ2) is 4.58. The van der Waals surface area contributed by atoms with Crippen molar-refractivity contribution in [3.63, 3.8) is 0 Å². The average Bonchev–Trinajstić information content (AvgIpc) is 1.78. The molecular weight excluding hydrogens is 152 g/mol. The van der Waals surface area contributed by atoms with Crippen LogP contribution >= 0.6 is 0 Å². The zero-order valence-electron chi connectivity index (χ0n) is 7.94. The molecule has 0 aliphatic rings. The van der Waals surface area contributed by atoms with Crippen LogP contribution in [0.3, 0.4) is 0 Å². The normalized spacial score (nSPS) is 13.5. The Bertz CT molecular complexity index is 157. The van der Waals surface area contributed by atoms with Crippen molar-refractivity contribution in [2.24, 2.45) is 0 Å². The van der Waals surface area contributed by atoms with Crippen molar-refractivity contribution in [1.82, 2.24) is 0 Å². The SMILES string of the molecule is C[C@H](O)CCC#C[Si](C)(C)C. The fraction of sp³-hybridized carbons (Fsp3) is 0.778. The highest BCUT2D eigenvalue weighted by molar-refractivity contribution is 6.83. The van der Waals surface area contributed by atoms with Gasteiger partial charge in [0.1, 0.15) is 8.07 Å². The molecule has 11 heavy (non-hydrogen) atoms. The number of aliphatic hydroxyl groups excluding tert-OH is 1. The van der Waals surface area contributed by atoms with Gasteiger partial charge in [-0.25, -0.2) is 0 Å². The standard InChI is InChI=1S/C9H18OSi/c1-9(10)7-5-6-8-11(2,3)4/h9-10H,5,7H2,1-4H3/t9-/m0/s1. The lowest BCUT2D eigenvalue weighted by Crippen LogP contribution is -2.16. The molecule has 0 heterocycles. The molecule has 0 saturated heterocycles. The number of hydrogen-bond donors (Lipinski definition) is 1. The predicted molar refractivity (Wildman–Crippen MR) is 52.0 cm³/mol. The summed E-state index contributed by atoms with van der Waals surface area (Å²) in [6.07, 6.45) is 1.44. The second-order valence-electron chi connectivity index (χ2n) is 3.94. The summed E-state index contributed by atoms with van der Waals surface area (Å²) in [6, 6.07) is 0. The van der Waals surface area contributed by atoms with Crippen LogP contribution in [0.25, 0.3) is 0 Å². The van der Waals surface area contributed by atoms with Gasteiger partial charge in [0.25, 0.3) is 0 Å². The van der Waals surface area contributed by atoms with E-state index >= 15 is 0 Å². The van der Waals surface area contributed by atoms with E-state index < -0.39 is 8.07 Å². The predicted octanol–water partition coefficient (Wildman–Crippen LogP) is 2.03. The molecule has 1 nitrogen and oxygen atoms in total. The summed E-state index contributed by atoms with van der Waals surface area (Å²) in [5.74, 6) is 3.11. The van der Waals surface area contributed by atoms with Gasteiger partial charge in [0, 0.05) is 6.42 Å². The zero-order valence-corrected chi connectivity index (χ0v) is 8.94. The molecule has 64 valence electrons. The Morgan fingerprint density at radius 1 is 1.36 bits per heavy atom. The minimum Gasteiger partial charge on any atom is -0.393 e. The average molecular weight is 170 g/mol. The number of aliphatic hydroxyl groups is 1. The van der Waals surface area contributed by atoms with Gasteiger partial charge in [-0.05, 0) is 13.3 Å². The third-order valence-corrected chi connectivity index (χ3v) is 2.08. The van der Waals surface area contributed by atoms with Gasteiger partial charge in [-0.1, -0.05) is 19.6 Å². The topological polar surface area (TPSA) is 20.2 Å². The fourth-order valence-electron chi connectivity index (χ4n) is 0.609. The van der Waals surface area contributed by atoms with E-state index in [0.29, 0.717) is 0 Å². The highest BCUT2D eigenvalue weighted by Crippen LogP contribution is 1.98. The summed E-state index contributed by atoms with van der Waals surface area (Å²) < 4.78 is 0. The van der Waals surface area contributed by atoms with Gasteiger partial charge in [-0.3, -0.25) is 0 Å². The fourth-order valence-corrected chi connectivity index (χ4v) is 1.26. The summed E-state index contributed by atoms with van der Waals surface area (Å²) in [5.41, 5.74) is 3.26. The van der Waals surface area contributed by atoms with Gasteiger partial charge in [0.15, 0.2) is 0 Å². The monoisotopic (exact) mass is 170 g/mol. The van der Waals surface area contributed by atoms with Crippen molar-refractivity contribution in [1.29, 1.82) is 0 Å². The first-order valence-electron chi connectivity index (χ1n) is 4.10. The molecule has 0 aromatic heterocycles. The summed E-state index contributed by atoms with van der Waals surface area (Å²) in [6.45, 7) is 8.48. The van der Waals surface area contributed by atoms with E-state index in [-0.39, 0.29) is 6.10 Å². The van der Waals surface area contributed by atoms with Crippen molar-refractivity contribution in [2.75, 3.05) is 0 Å². The minimum atomic E-state index is -1.17. The number of hydrogen-bond acceptors (Lipinski definition) is 1. The highest BCUT2D eigenvalue weighted by Gasteiger charge is 2.06. The van der Waals surface area contributed by atoms with E-state index in [0.717, 1.165) is 12.8 Å². The summed E-state index contributed by atoms with van der Waals surface area (Å²) in [4.78, 5) is 0. The Morgan fingerprint density at radius 2 is 1.91 bits per heavy atom. The molecule has 1 atom stereocenters. The Hall–Kier alpha value is -0.263. The molecule has 0 radical (unpaired) electrons. The van der Waals surface area contributed by atoms with Gasteiger partial charge >= 0.3 is 0 Å².